The van der Waals surface area contributed by atoms with Gasteiger partial charge in [-0.15, -0.1) is 0 Å². The highest BCUT2D eigenvalue weighted by atomic mass is 32.1. The van der Waals surface area contributed by atoms with Gasteiger partial charge in [0.2, 0.25) is 0 Å². The van der Waals surface area contributed by atoms with E-state index in [1.807, 2.05) is 36.0 Å². The molecule has 0 saturated heterocycles. The van der Waals surface area contributed by atoms with E-state index in [9.17, 15) is 0 Å². The molecule has 4 nitrogen and oxygen atoms in total. The lowest BCUT2D eigenvalue weighted by Crippen LogP contribution is -2.30. The summed E-state index contributed by atoms with van der Waals surface area (Å²) in [6.07, 6.45) is 5.73. The first-order valence-electron chi connectivity index (χ1n) is 8.22. The molecule has 0 unspecified atom stereocenters. The van der Waals surface area contributed by atoms with Gasteiger partial charge in [-0.05, 0) is 41.7 Å². The topological polar surface area (TPSA) is 34.6 Å². The van der Waals surface area contributed by atoms with Gasteiger partial charge in [0, 0.05) is 24.3 Å². The highest BCUT2D eigenvalue weighted by Crippen LogP contribution is 2.39. The van der Waals surface area contributed by atoms with Crippen molar-refractivity contribution in [2.75, 3.05) is 0 Å². The van der Waals surface area contributed by atoms with E-state index >= 15 is 0 Å². The van der Waals surface area contributed by atoms with Crippen LogP contribution in [0.15, 0.2) is 67.1 Å². The molecule has 0 atom stereocenters. The predicted molar refractivity (Wildman–Crippen MR) is 99.0 cm³/mol. The van der Waals surface area contributed by atoms with Gasteiger partial charge in [-0.25, -0.2) is 4.98 Å². The van der Waals surface area contributed by atoms with Gasteiger partial charge in [0.25, 0.3) is 10.5 Å². The van der Waals surface area contributed by atoms with E-state index in [2.05, 4.69) is 61.6 Å². The van der Waals surface area contributed by atoms with Crippen LogP contribution in [0.1, 0.15) is 5.56 Å². The molecule has 4 aromatic heterocycles. The Morgan fingerprint density at radius 1 is 1.00 bits per heavy atom. The molecule has 5 heteroatoms. The maximum Gasteiger partial charge on any atom is 0.291 e. The zero-order chi connectivity index (χ0) is 16.4. The Balaban J connectivity index is 1.78. The van der Waals surface area contributed by atoms with Crippen LogP contribution in [0.4, 0.5) is 0 Å². The van der Waals surface area contributed by atoms with Crippen molar-refractivity contribution in [3.8, 4) is 16.4 Å². The number of rotatable bonds is 1. The molecule has 6 rings (SSSR count). The molecule has 25 heavy (non-hydrogen) atoms. The quantitative estimate of drug-likeness (QED) is 0.424. The van der Waals surface area contributed by atoms with Gasteiger partial charge in [-0.3, -0.25) is 9.55 Å². The van der Waals surface area contributed by atoms with Crippen molar-refractivity contribution in [1.82, 2.24) is 14.5 Å². The lowest BCUT2D eigenvalue weighted by Gasteiger charge is -2.04. The molecule has 118 valence electrons. The third kappa shape index (κ3) is 1.68. The van der Waals surface area contributed by atoms with Crippen LogP contribution in [0.3, 0.4) is 0 Å². The zero-order valence-corrected chi connectivity index (χ0v) is 14.1. The van der Waals surface area contributed by atoms with Crippen LogP contribution in [0.25, 0.3) is 37.6 Å². The molecule has 0 radical (unpaired) electrons. The van der Waals surface area contributed by atoms with Crippen LogP contribution in [0.2, 0.25) is 0 Å². The van der Waals surface area contributed by atoms with Gasteiger partial charge in [-0.1, -0.05) is 18.2 Å². The summed E-state index contributed by atoms with van der Waals surface area (Å²) in [7, 11) is 0. The third-order valence-corrected chi connectivity index (χ3v) is 6.02. The smallest absolute Gasteiger partial charge is 0.291 e. The zero-order valence-electron chi connectivity index (χ0n) is 13.3. The van der Waals surface area contributed by atoms with Gasteiger partial charge in [0.05, 0.1) is 16.5 Å². The van der Waals surface area contributed by atoms with E-state index in [1.54, 1.807) is 0 Å². The number of hydrogen-bond donors (Lipinski definition) is 0. The maximum absolute atomic E-state index is 4.62. The molecule has 0 N–H and O–H groups in total. The summed E-state index contributed by atoms with van der Waals surface area (Å²) < 4.78 is 4.73. The summed E-state index contributed by atoms with van der Waals surface area (Å²) in [6, 6.07) is 16.8. The average molecular weight is 341 g/mol. The Labute approximate surface area is 147 Å². The molecule has 5 heterocycles. The first-order valence-corrected chi connectivity index (χ1v) is 9.04. The van der Waals surface area contributed by atoms with E-state index in [0.717, 1.165) is 12.2 Å². The number of hydrogen-bond acceptors (Lipinski definition) is 3. The predicted octanol–water partition coefficient (Wildman–Crippen LogP) is 3.95. The van der Waals surface area contributed by atoms with E-state index < -0.39 is 0 Å². The minimum Gasteiger partial charge on any atom is -0.295 e. The summed E-state index contributed by atoms with van der Waals surface area (Å²) in [6.45, 7) is 0.876. The van der Waals surface area contributed by atoms with Gasteiger partial charge in [0.1, 0.15) is 0 Å². The second-order valence-corrected chi connectivity index (χ2v) is 7.20. The van der Waals surface area contributed by atoms with E-state index in [4.69, 9.17) is 0 Å². The van der Waals surface area contributed by atoms with E-state index in [0.29, 0.717) is 0 Å². The fourth-order valence-corrected chi connectivity index (χ4v) is 5.13. The van der Waals surface area contributed by atoms with Gasteiger partial charge in [-0.2, -0.15) is 4.57 Å². The number of nitrogens with zero attached hydrogens (tertiary/aromatic N) is 4. The van der Waals surface area contributed by atoms with Crippen LogP contribution >= 0.6 is 11.3 Å². The van der Waals surface area contributed by atoms with E-state index in [1.165, 1.54) is 37.5 Å². The molecule has 0 fully saturated rings. The van der Waals surface area contributed by atoms with Crippen LogP contribution in [-0.4, -0.2) is 14.5 Å². The van der Waals surface area contributed by atoms with Crippen molar-refractivity contribution in [1.29, 1.82) is 0 Å². The van der Waals surface area contributed by atoms with Crippen LogP contribution in [0.5, 0.6) is 0 Å². The largest absolute Gasteiger partial charge is 0.295 e. The fourth-order valence-electron chi connectivity index (χ4n) is 3.79. The molecule has 1 aliphatic heterocycles. The van der Waals surface area contributed by atoms with Crippen LogP contribution in [-0.2, 0) is 6.54 Å². The molecule has 0 amide bonds. The first-order chi connectivity index (χ1) is 12.4. The van der Waals surface area contributed by atoms with Crippen molar-refractivity contribution < 1.29 is 4.57 Å². The molecule has 5 aromatic rings. The third-order valence-electron chi connectivity index (χ3n) is 4.84. The lowest BCUT2D eigenvalue weighted by atomic mass is 10.2. The second-order valence-electron chi connectivity index (χ2n) is 6.22. The van der Waals surface area contributed by atoms with Crippen LogP contribution < -0.4 is 4.57 Å². The Kier molecular flexibility index (Phi) is 2.51. The highest BCUT2D eigenvalue weighted by molar-refractivity contribution is 7.21. The summed E-state index contributed by atoms with van der Waals surface area (Å²) in [5, 5.41) is 2.42. The van der Waals surface area contributed by atoms with Crippen molar-refractivity contribution >= 4 is 32.6 Å². The number of benzene rings is 1. The standard InChI is InChI=1S/C20H13N4S/c1-2-6-14(7-3-1)24-16-8-10-21-11-15(16)18-20(24)25-19-17-13(12-23(18)19)5-4-9-22-17/h1-11H,12H2/q+1. The molecular formula is C20H13N4S+. The number of fused-ring (bicyclic) bond motifs is 7. The lowest BCUT2D eigenvalue weighted by molar-refractivity contribution is -0.641. The second kappa shape index (κ2) is 4.74. The molecule has 0 bridgehead atoms. The van der Waals surface area contributed by atoms with Gasteiger partial charge in [0.15, 0.2) is 17.1 Å². The Morgan fingerprint density at radius 3 is 2.84 bits per heavy atom. The number of thiazole rings is 1. The Bertz CT molecular complexity index is 1270. The average Bonchev–Trinajstić information content (AvgIpc) is 3.29. The fraction of sp³-hybridized carbons (Fsp3) is 0.0500. The molecule has 0 spiro atoms. The summed E-state index contributed by atoms with van der Waals surface area (Å²) >= 11 is 1.81. The van der Waals surface area contributed by atoms with Gasteiger partial charge >= 0.3 is 0 Å². The monoisotopic (exact) mass is 341 g/mol. The first kappa shape index (κ1) is 13.3. The molecule has 0 saturated carbocycles. The summed E-state index contributed by atoms with van der Waals surface area (Å²) in [5.74, 6) is 0. The minimum absolute atomic E-state index is 0.876. The summed E-state index contributed by atoms with van der Waals surface area (Å²) in [4.78, 5) is 10.3. The molecule has 1 aliphatic rings. The Hall–Kier alpha value is -3.05. The molecule has 1 aromatic carbocycles. The van der Waals surface area contributed by atoms with Crippen molar-refractivity contribution in [3.05, 3.63) is 72.7 Å². The minimum atomic E-state index is 0.876. The van der Waals surface area contributed by atoms with Crippen molar-refractivity contribution in [3.63, 3.8) is 0 Å². The molecule has 0 aliphatic carbocycles. The number of aromatic nitrogens is 4. The maximum atomic E-state index is 4.62. The Morgan fingerprint density at radius 2 is 1.92 bits per heavy atom. The van der Waals surface area contributed by atoms with Crippen molar-refractivity contribution in [2.24, 2.45) is 0 Å². The summed E-state index contributed by atoms with van der Waals surface area (Å²) in [5.41, 5.74) is 6.03. The van der Waals surface area contributed by atoms with Crippen LogP contribution in [0, 0.1) is 0 Å². The number of pyridine rings is 2. The van der Waals surface area contributed by atoms with E-state index in [-0.39, 0.29) is 0 Å². The highest BCUT2D eigenvalue weighted by Gasteiger charge is 2.36. The molecular weight excluding hydrogens is 328 g/mol. The van der Waals surface area contributed by atoms with Gasteiger partial charge < -0.3 is 0 Å². The SMILES string of the molecule is c1ccc(-n2c3ccncc3c3c2sc2[n+]3Cc3cccnc3-2)cc1. The normalized spacial score (nSPS) is 12.6. The number of para-hydroxylation sites is 1. The van der Waals surface area contributed by atoms with Crippen molar-refractivity contribution in [2.45, 2.75) is 6.54 Å².